The Bertz CT molecular complexity index is 675. The lowest BCUT2D eigenvalue weighted by Gasteiger charge is -2.27. The fourth-order valence-corrected chi connectivity index (χ4v) is 5.77. The molecular formula is C41H77ClO5. The van der Waals surface area contributed by atoms with Gasteiger partial charge in [0.2, 0.25) is 5.24 Å². The molecule has 0 aromatic rings. The first-order valence-electron chi connectivity index (χ1n) is 19.9. The van der Waals surface area contributed by atoms with Crippen molar-refractivity contribution in [2.24, 2.45) is 5.41 Å². The smallest absolute Gasteiger partial charge is 0.232 e. The Labute approximate surface area is 296 Å². The maximum Gasteiger partial charge on any atom is 0.232 e. The molecule has 2 N–H and O–H groups in total. The quantitative estimate of drug-likeness (QED) is 0.0295. The summed E-state index contributed by atoms with van der Waals surface area (Å²) in [4.78, 5) is 12.1. The summed E-state index contributed by atoms with van der Waals surface area (Å²) in [5, 5.41) is 20.0. The third kappa shape index (κ3) is 32.3. The summed E-state index contributed by atoms with van der Waals surface area (Å²) in [5.41, 5.74) is -1.12. The van der Waals surface area contributed by atoms with Crippen LogP contribution in [0.4, 0.5) is 0 Å². The van der Waals surface area contributed by atoms with Crippen LogP contribution >= 0.6 is 11.6 Å². The van der Waals surface area contributed by atoms with E-state index < -0.39 is 23.2 Å². The number of rotatable bonds is 37. The highest BCUT2D eigenvalue weighted by Gasteiger charge is 2.34. The van der Waals surface area contributed by atoms with E-state index in [9.17, 15) is 15.0 Å². The van der Waals surface area contributed by atoms with Gasteiger partial charge in [-0.1, -0.05) is 141 Å². The maximum atomic E-state index is 12.1. The van der Waals surface area contributed by atoms with Crippen molar-refractivity contribution in [1.82, 2.24) is 0 Å². The van der Waals surface area contributed by atoms with Gasteiger partial charge in [0.25, 0.3) is 0 Å². The monoisotopic (exact) mass is 685 g/mol. The molecule has 0 rings (SSSR count). The van der Waals surface area contributed by atoms with Crippen molar-refractivity contribution in [3.8, 4) is 0 Å². The van der Waals surface area contributed by atoms with Gasteiger partial charge in [0.1, 0.15) is 0 Å². The number of hydrogen-bond acceptors (Lipinski definition) is 5. The zero-order chi connectivity index (χ0) is 34.7. The highest BCUT2D eigenvalue weighted by molar-refractivity contribution is 6.64. The highest BCUT2D eigenvalue weighted by atomic mass is 35.5. The van der Waals surface area contributed by atoms with Crippen LogP contribution in [-0.4, -0.2) is 41.2 Å². The van der Waals surface area contributed by atoms with Crippen LogP contribution in [0.5, 0.6) is 0 Å². The Morgan fingerprint density at radius 3 is 1.11 bits per heavy atom. The Morgan fingerprint density at radius 2 is 0.809 bits per heavy atom. The maximum absolute atomic E-state index is 12.1. The molecule has 0 saturated carbocycles. The largest absolute Gasteiger partial charge is 0.368 e. The number of carbonyl (C=O) groups is 1. The van der Waals surface area contributed by atoms with Crippen molar-refractivity contribution < 1.29 is 24.5 Å². The van der Waals surface area contributed by atoms with Crippen LogP contribution in [0.25, 0.3) is 0 Å². The van der Waals surface area contributed by atoms with Gasteiger partial charge in [0.05, 0.1) is 18.6 Å². The van der Waals surface area contributed by atoms with E-state index in [-0.39, 0.29) is 13.2 Å². The van der Waals surface area contributed by atoms with Crippen molar-refractivity contribution in [2.75, 3.05) is 13.2 Å². The van der Waals surface area contributed by atoms with E-state index in [0.29, 0.717) is 12.8 Å². The SMILES string of the molecule is CCCCCCCCC=CCCCCCCCC(O)OCC(C)(COC(O)CCCCCCCC=CCCCCCCCC)C(=O)Cl. The van der Waals surface area contributed by atoms with E-state index in [1.807, 2.05) is 0 Å². The number of aliphatic hydroxyl groups excluding tert-OH is 2. The normalized spacial score (nSPS) is 14.7. The summed E-state index contributed by atoms with van der Waals surface area (Å²) in [6, 6.07) is 0. The van der Waals surface area contributed by atoms with Crippen LogP contribution in [0.1, 0.15) is 201 Å². The molecule has 0 saturated heterocycles. The van der Waals surface area contributed by atoms with E-state index in [0.717, 1.165) is 51.4 Å². The van der Waals surface area contributed by atoms with Crippen LogP contribution in [-0.2, 0) is 14.3 Å². The molecule has 2 atom stereocenters. The van der Waals surface area contributed by atoms with Crippen LogP contribution in [0.15, 0.2) is 24.3 Å². The molecule has 0 aromatic carbocycles. The van der Waals surface area contributed by atoms with Gasteiger partial charge >= 0.3 is 0 Å². The molecule has 5 nitrogen and oxygen atoms in total. The van der Waals surface area contributed by atoms with Gasteiger partial charge in [-0.15, -0.1) is 0 Å². The lowest BCUT2D eigenvalue weighted by atomic mass is 9.95. The zero-order valence-electron chi connectivity index (χ0n) is 31.2. The van der Waals surface area contributed by atoms with E-state index in [1.54, 1.807) is 6.92 Å². The van der Waals surface area contributed by atoms with Gasteiger partial charge in [-0.2, -0.15) is 0 Å². The fourth-order valence-electron chi connectivity index (χ4n) is 5.66. The van der Waals surface area contributed by atoms with E-state index in [1.165, 1.54) is 116 Å². The molecule has 0 aromatic heterocycles. The third-order valence-electron chi connectivity index (χ3n) is 9.09. The van der Waals surface area contributed by atoms with Crippen molar-refractivity contribution >= 4 is 16.8 Å². The van der Waals surface area contributed by atoms with Crippen molar-refractivity contribution in [2.45, 2.75) is 213 Å². The molecule has 0 spiro atoms. The second kappa shape index (κ2) is 35.1. The predicted molar refractivity (Wildman–Crippen MR) is 202 cm³/mol. The second-order valence-electron chi connectivity index (χ2n) is 14.1. The highest BCUT2D eigenvalue weighted by Crippen LogP contribution is 2.24. The van der Waals surface area contributed by atoms with E-state index in [4.69, 9.17) is 21.1 Å². The average molecular weight is 686 g/mol. The summed E-state index contributed by atoms with van der Waals surface area (Å²) in [6.45, 7) is 6.10. The summed E-state index contributed by atoms with van der Waals surface area (Å²) in [5.74, 6) is 0. The molecular weight excluding hydrogens is 608 g/mol. The topological polar surface area (TPSA) is 76.0 Å². The molecule has 0 fully saturated rings. The fraction of sp³-hybridized carbons (Fsp3) is 0.878. The van der Waals surface area contributed by atoms with Gasteiger partial charge in [-0.3, -0.25) is 4.79 Å². The average Bonchev–Trinajstić information content (AvgIpc) is 3.06. The number of hydrogen-bond donors (Lipinski definition) is 2. The molecule has 2 unspecified atom stereocenters. The van der Waals surface area contributed by atoms with Crippen LogP contribution in [0, 0.1) is 5.41 Å². The first-order valence-corrected chi connectivity index (χ1v) is 20.3. The lowest BCUT2D eigenvalue weighted by Crippen LogP contribution is -2.38. The number of halogens is 1. The summed E-state index contributed by atoms with van der Waals surface area (Å²) < 4.78 is 11.2. The molecule has 278 valence electrons. The van der Waals surface area contributed by atoms with Gasteiger partial charge in [0.15, 0.2) is 12.6 Å². The molecule has 6 heteroatoms. The van der Waals surface area contributed by atoms with Crippen LogP contribution in [0.2, 0.25) is 0 Å². The summed E-state index contributed by atoms with van der Waals surface area (Å²) >= 11 is 5.87. The van der Waals surface area contributed by atoms with Crippen LogP contribution < -0.4 is 0 Å². The predicted octanol–water partition coefficient (Wildman–Crippen LogP) is 12.5. The second-order valence-corrected chi connectivity index (χ2v) is 14.5. The van der Waals surface area contributed by atoms with Crippen LogP contribution in [0.3, 0.4) is 0 Å². The van der Waals surface area contributed by atoms with Gasteiger partial charge in [-0.05, 0) is 95.6 Å². The summed E-state index contributed by atoms with van der Waals surface area (Å²) in [6.07, 6.45) is 40.5. The Kier molecular flexibility index (Phi) is 34.6. The molecule has 0 aliphatic carbocycles. The minimum Gasteiger partial charge on any atom is -0.368 e. The number of unbranched alkanes of at least 4 members (excludes halogenated alkanes) is 22. The Hall–Kier alpha value is -0.720. The molecule has 0 aliphatic rings. The molecule has 0 aliphatic heterocycles. The molecule has 0 heterocycles. The number of aliphatic hydroxyl groups is 2. The Morgan fingerprint density at radius 1 is 0.532 bits per heavy atom. The standard InChI is InChI=1S/C41H77ClO5/c1-4-6-8-10-12-14-16-18-20-22-24-26-28-30-32-34-38(43)46-36-41(3,40(42)45)37-47-39(44)35-33-31-29-27-25-23-21-19-17-15-13-11-9-7-5-2/h18-21,38-39,43-44H,4-17,22-37H2,1-3H3. The van der Waals surface area contributed by atoms with Crippen molar-refractivity contribution in [3.63, 3.8) is 0 Å². The Balaban J connectivity index is 3.80. The molecule has 0 amide bonds. The van der Waals surface area contributed by atoms with Crippen molar-refractivity contribution in [1.29, 1.82) is 0 Å². The number of allylic oxidation sites excluding steroid dienone is 4. The van der Waals surface area contributed by atoms with Gasteiger partial charge in [0, 0.05) is 0 Å². The van der Waals surface area contributed by atoms with Gasteiger partial charge in [-0.25, -0.2) is 0 Å². The minimum absolute atomic E-state index is 0.0400. The minimum atomic E-state index is -1.12. The first kappa shape index (κ1) is 46.3. The lowest BCUT2D eigenvalue weighted by molar-refractivity contribution is -0.168. The number of ether oxygens (including phenoxy) is 2. The molecule has 0 radical (unpaired) electrons. The zero-order valence-corrected chi connectivity index (χ0v) is 31.9. The van der Waals surface area contributed by atoms with Gasteiger partial charge < -0.3 is 19.7 Å². The van der Waals surface area contributed by atoms with E-state index in [2.05, 4.69) is 38.2 Å². The first-order chi connectivity index (χ1) is 22.9. The van der Waals surface area contributed by atoms with Crippen molar-refractivity contribution in [3.05, 3.63) is 24.3 Å². The molecule has 0 bridgehead atoms. The summed E-state index contributed by atoms with van der Waals surface area (Å²) in [7, 11) is 0. The molecule has 47 heavy (non-hydrogen) atoms. The van der Waals surface area contributed by atoms with E-state index >= 15 is 0 Å². The third-order valence-corrected chi connectivity index (χ3v) is 9.55. The number of carbonyl (C=O) groups excluding carboxylic acids is 1.